The van der Waals surface area contributed by atoms with Gasteiger partial charge in [-0.15, -0.1) is 11.8 Å². The van der Waals surface area contributed by atoms with Gasteiger partial charge < -0.3 is 26.8 Å². The number of benzene rings is 3. The highest BCUT2D eigenvalue weighted by molar-refractivity contribution is 7.99. The fourth-order valence-corrected chi connectivity index (χ4v) is 5.43. The smallest absolute Gasteiger partial charge is 0.435 e. The number of amidine groups is 1. The van der Waals surface area contributed by atoms with E-state index in [1.807, 2.05) is 70.2 Å². The van der Waals surface area contributed by atoms with Crippen LogP contribution in [-0.2, 0) is 29.2 Å². The van der Waals surface area contributed by atoms with E-state index in [-0.39, 0.29) is 43.3 Å². The Morgan fingerprint density at radius 1 is 0.980 bits per heavy atom. The molecule has 4 rings (SSSR count). The van der Waals surface area contributed by atoms with Crippen molar-refractivity contribution in [3.05, 3.63) is 106 Å². The standard InChI is InChI=1S/C35H41N7O4S.C2H6/c1-22(2)21-47-29-15-27(14-28(36)16-29)30-18-39-33(40-23(3)4)34(44)42(30)19-31(43)38-17-24-10-12-26(13-11-24)32(37)41-35(45)46-20-25-8-6-5-7-9-25;1-2/h5-16,18,22-23H,17,19-21,36H2,1-4H3,(H,38,43)(H,39,40)(H2,37,41,45);1-2H3. The summed E-state index contributed by atoms with van der Waals surface area (Å²) in [7, 11) is 0. The molecule has 3 aromatic carbocycles. The molecule has 0 spiro atoms. The minimum absolute atomic E-state index is 0.0152. The van der Waals surface area contributed by atoms with Crippen molar-refractivity contribution in [3.63, 3.8) is 0 Å². The molecule has 0 aliphatic carbocycles. The van der Waals surface area contributed by atoms with Gasteiger partial charge in [0, 0.05) is 40.0 Å². The van der Waals surface area contributed by atoms with Crippen LogP contribution in [0, 0.1) is 5.92 Å². The minimum atomic E-state index is -0.788. The Balaban J connectivity index is 0.00000319. The molecule has 0 bridgehead atoms. The van der Waals surface area contributed by atoms with Gasteiger partial charge in [0.05, 0.1) is 11.9 Å². The summed E-state index contributed by atoms with van der Waals surface area (Å²) in [6.07, 6.45) is 0.802. The number of aromatic nitrogens is 2. The number of aliphatic imine (C=N–C) groups is 1. The second-order valence-electron chi connectivity index (χ2n) is 11.7. The molecule has 11 nitrogen and oxygen atoms in total. The number of nitrogens with zero attached hydrogens (tertiary/aromatic N) is 3. The number of hydrogen-bond donors (Lipinski definition) is 4. The molecule has 260 valence electrons. The molecular weight excluding hydrogens is 639 g/mol. The molecule has 0 saturated carbocycles. The van der Waals surface area contributed by atoms with Gasteiger partial charge in [0.15, 0.2) is 5.82 Å². The number of nitrogens with two attached hydrogens (primary N) is 2. The summed E-state index contributed by atoms with van der Waals surface area (Å²) < 4.78 is 6.58. The Morgan fingerprint density at radius 3 is 2.33 bits per heavy atom. The molecule has 0 fully saturated rings. The monoisotopic (exact) mass is 685 g/mol. The first kappa shape index (κ1) is 38.3. The number of nitrogen functional groups attached to an aromatic ring is 1. The molecule has 0 saturated heterocycles. The van der Waals surface area contributed by atoms with E-state index in [1.165, 1.54) is 4.57 Å². The molecular formula is C37H47N7O4S. The number of amides is 2. The Kier molecular flexibility index (Phi) is 14.9. The normalized spacial score (nSPS) is 11.1. The quantitative estimate of drug-likeness (QED) is 0.0536. The molecule has 49 heavy (non-hydrogen) atoms. The minimum Gasteiger partial charge on any atom is -0.443 e. The van der Waals surface area contributed by atoms with Crippen molar-refractivity contribution in [2.45, 2.75) is 72.2 Å². The fourth-order valence-electron chi connectivity index (χ4n) is 4.47. The second kappa shape index (κ2) is 19.0. The van der Waals surface area contributed by atoms with E-state index >= 15 is 0 Å². The topological polar surface area (TPSA) is 167 Å². The first-order valence-electron chi connectivity index (χ1n) is 16.3. The number of thioether (sulfide) groups is 1. The van der Waals surface area contributed by atoms with Crippen molar-refractivity contribution in [2.75, 3.05) is 16.8 Å². The first-order valence-corrected chi connectivity index (χ1v) is 17.3. The van der Waals surface area contributed by atoms with Gasteiger partial charge >= 0.3 is 6.09 Å². The highest BCUT2D eigenvalue weighted by atomic mass is 32.2. The van der Waals surface area contributed by atoms with Crippen LogP contribution in [0.4, 0.5) is 16.3 Å². The van der Waals surface area contributed by atoms with Crippen molar-refractivity contribution in [1.29, 1.82) is 0 Å². The Hall–Kier alpha value is -5.10. The number of carbonyl (C=O) groups excluding carboxylic acids is 2. The van der Waals surface area contributed by atoms with Gasteiger partial charge in [-0.2, -0.15) is 4.99 Å². The third kappa shape index (κ3) is 12.1. The Bertz CT molecular complexity index is 1770. The fraction of sp³-hybridized carbons (Fsp3) is 0.324. The molecule has 0 radical (unpaired) electrons. The number of carbonyl (C=O) groups is 2. The van der Waals surface area contributed by atoms with E-state index in [1.54, 1.807) is 48.3 Å². The SMILES string of the molecule is CC.CC(C)CSc1cc(N)cc(-c2cnc(NC(C)C)c(=O)n2CC(=O)NCc2ccc(/C(N)=N/C(=O)OCc3ccccc3)cc2)c1. The summed E-state index contributed by atoms with van der Waals surface area (Å²) in [4.78, 5) is 48.0. The van der Waals surface area contributed by atoms with E-state index in [0.717, 1.165) is 21.8 Å². The van der Waals surface area contributed by atoms with E-state index in [2.05, 4.69) is 34.5 Å². The van der Waals surface area contributed by atoms with E-state index in [0.29, 0.717) is 28.4 Å². The predicted octanol–water partition coefficient (Wildman–Crippen LogP) is 6.45. The van der Waals surface area contributed by atoms with E-state index in [4.69, 9.17) is 16.2 Å². The average molecular weight is 686 g/mol. The lowest BCUT2D eigenvalue weighted by atomic mass is 10.1. The molecule has 4 aromatic rings. The summed E-state index contributed by atoms with van der Waals surface area (Å²) in [6.45, 7) is 12.2. The lowest BCUT2D eigenvalue weighted by Crippen LogP contribution is -2.35. The maximum Gasteiger partial charge on any atom is 0.435 e. The van der Waals surface area contributed by atoms with Crippen molar-refractivity contribution in [1.82, 2.24) is 14.9 Å². The maximum absolute atomic E-state index is 13.5. The second-order valence-corrected chi connectivity index (χ2v) is 12.8. The van der Waals surface area contributed by atoms with Crippen LogP contribution in [0.2, 0.25) is 0 Å². The van der Waals surface area contributed by atoms with Crippen LogP contribution < -0.4 is 27.7 Å². The summed E-state index contributed by atoms with van der Waals surface area (Å²) in [6, 6.07) is 21.8. The van der Waals surface area contributed by atoms with Gasteiger partial charge in [-0.3, -0.25) is 14.2 Å². The lowest BCUT2D eigenvalue weighted by molar-refractivity contribution is -0.121. The summed E-state index contributed by atoms with van der Waals surface area (Å²) >= 11 is 1.68. The number of anilines is 2. The third-order valence-corrected chi connectivity index (χ3v) is 8.15. The van der Waals surface area contributed by atoms with Gasteiger partial charge in [0.1, 0.15) is 19.0 Å². The van der Waals surface area contributed by atoms with Crippen molar-refractivity contribution >= 4 is 41.1 Å². The molecule has 2 amide bonds. The molecule has 1 heterocycles. The maximum atomic E-state index is 13.5. The zero-order valence-corrected chi connectivity index (χ0v) is 29.8. The zero-order valence-electron chi connectivity index (χ0n) is 29.0. The molecule has 6 N–H and O–H groups in total. The van der Waals surface area contributed by atoms with Crippen LogP contribution in [-0.4, -0.2) is 39.2 Å². The molecule has 12 heteroatoms. The molecule has 1 aromatic heterocycles. The van der Waals surface area contributed by atoms with E-state index < -0.39 is 11.7 Å². The highest BCUT2D eigenvalue weighted by Gasteiger charge is 2.17. The van der Waals surface area contributed by atoms with Crippen LogP contribution in [0.1, 0.15) is 58.2 Å². The Labute approximate surface area is 292 Å². The van der Waals surface area contributed by atoms with Crippen LogP contribution in [0.25, 0.3) is 11.3 Å². The summed E-state index contributed by atoms with van der Waals surface area (Å²) in [5.41, 5.74) is 15.7. The third-order valence-electron chi connectivity index (χ3n) is 6.75. The number of nitrogens with one attached hydrogen (secondary N) is 2. The molecule has 0 atom stereocenters. The van der Waals surface area contributed by atoms with Crippen molar-refractivity contribution < 1.29 is 14.3 Å². The van der Waals surface area contributed by atoms with Gasteiger partial charge in [-0.05, 0) is 49.1 Å². The summed E-state index contributed by atoms with van der Waals surface area (Å²) in [5.74, 6) is 1.22. The van der Waals surface area contributed by atoms with E-state index in [9.17, 15) is 14.4 Å². The van der Waals surface area contributed by atoms with Crippen molar-refractivity contribution in [2.24, 2.45) is 16.6 Å². The van der Waals surface area contributed by atoms with Gasteiger partial charge in [0.25, 0.3) is 5.56 Å². The largest absolute Gasteiger partial charge is 0.443 e. The van der Waals surface area contributed by atoms with Gasteiger partial charge in [0.2, 0.25) is 5.91 Å². The first-order chi connectivity index (χ1) is 23.5. The predicted molar refractivity (Wildman–Crippen MR) is 200 cm³/mol. The zero-order chi connectivity index (χ0) is 35.9. The van der Waals surface area contributed by atoms with Crippen LogP contribution in [0.5, 0.6) is 0 Å². The summed E-state index contributed by atoms with van der Waals surface area (Å²) in [5, 5.41) is 5.94. The van der Waals surface area contributed by atoms with Crippen LogP contribution in [0.15, 0.2) is 93.7 Å². The number of hydrogen-bond acceptors (Lipinski definition) is 8. The average Bonchev–Trinajstić information content (AvgIpc) is 3.08. The molecule has 0 aliphatic rings. The Morgan fingerprint density at radius 2 is 1.67 bits per heavy atom. The van der Waals surface area contributed by atoms with Crippen LogP contribution >= 0.6 is 11.8 Å². The lowest BCUT2D eigenvalue weighted by Gasteiger charge is -2.17. The van der Waals surface area contributed by atoms with Crippen molar-refractivity contribution in [3.8, 4) is 11.3 Å². The number of rotatable bonds is 13. The van der Waals surface area contributed by atoms with Crippen LogP contribution in [0.3, 0.4) is 0 Å². The highest BCUT2D eigenvalue weighted by Crippen LogP contribution is 2.29. The van der Waals surface area contributed by atoms with Gasteiger partial charge in [-0.1, -0.05) is 82.3 Å². The molecule has 0 aliphatic heterocycles. The number of ether oxygens (including phenoxy) is 1. The van der Waals surface area contributed by atoms with Gasteiger partial charge in [-0.25, -0.2) is 9.78 Å². The molecule has 0 unspecified atom stereocenters.